The van der Waals surface area contributed by atoms with E-state index in [9.17, 15) is 9.59 Å². The van der Waals surface area contributed by atoms with Crippen LogP contribution in [0.5, 0.6) is 5.75 Å². The first-order chi connectivity index (χ1) is 11.0. The summed E-state index contributed by atoms with van der Waals surface area (Å²) in [5.41, 5.74) is -0.785. The lowest BCUT2D eigenvalue weighted by molar-refractivity contribution is -0.146. The van der Waals surface area contributed by atoms with Crippen molar-refractivity contribution in [3.63, 3.8) is 0 Å². The molecule has 2 amide bonds. The third-order valence-corrected chi connectivity index (χ3v) is 3.80. The summed E-state index contributed by atoms with van der Waals surface area (Å²) in [6, 6.07) is 10.4. The zero-order chi connectivity index (χ0) is 16.4. The van der Waals surface area contributed by atoms with Crippen LogP contribution < -0.4 is 15.4 Å². The zero-order valence-electron chi connectivity index (χ0n) is 12.3. The summed E-state index contributed by atoms with van der Waals surface area (Å²) in [6.45, 7) is 1.69. The Kier molecular flexibility index (Phi) is 3.92. The van der Waals surface area contributed by atoms with Gasteiger partial charge in [-0.05, 0) is 36.8 Å². The van der Waals surface area contributed by atoms with Crippen LogP contribution in [-0.4, -0.2) is 22.4 Å². The highest BCUT2D eigenvalue weighted by atomic mass is 35.5. The average molecular weight is 332 g/mol. The van der Waals surface area contributed by atoms with Gasteiger partial charge in [-0.1, -0.05) is 23.7 Å². The van der Waals surface area contributed by atoms with Gasteiger partial charge in [0.05, 0.1) is 0 Å². The van der Waals surface area contributed by atoms with Crippen molar-refractivity contribution in [3.05, 3.63) is 53.2 Å². The second kappa shape index (κ2) is 5.89. The Bertz CT molecular complexity index is 763. The number of hydrogen-bond donors (Lipinski definition) is 2. The molecule has 2 N–H and O–H groups in total. The highest BCUT2D eigenvalue weighted by Gasteiger charge is 2.47. The van der Waals surface area contributed by atoms with E-state index in [1.165, 1.54) is 13.1 Å². The maximum absolute atomic E-state index is 12.4. The number of fused-ring (bicyclic) bond motifs is 1. The lowest BCUT2D eigenvalue weighted by Crippen LogP contribution is -2.58. The first kappa shape index (κ1) is 15.3. The number of rotatable bonds is 3. The SMILES string of the molecule is CC1(C(=O)NCc2ccc(Cl)cc2)Oc2cccnc2NC1=O. The van der Waals surface area contributed by atoms with Crippen LogP contribution in [0.25, 0.3) is 0 Å². The van der Waals surface area contributed by atoms with Crippen LogP contribution in [0.4, 0.5) is 5.82 Å². The van der Waals surface area contributed by atoms with Crippen molar-refractivity contribution >= 4 is 29.2 Å². The number of ether oxygens (including phenoxy) is 1. The van der Waals surface area contributed by atoms with Gasteiger partial charge >= 0.3 is 0 Å². The number of anilines is 1. The lowest BCUT2D eigenvalue weighted by Gasteiger charge is -2.32. The molecule has 0 saturated heterocycles. The van der Waals surface area contributed by atoms with Crippen molar-refractivity contribution < 1.29 is 14.3 Å². The highest BCUT2D eigenvalue weighted by Crippen LogP contribution is 2.31. The van der Waals surface area contributed by atoms with Crippen LogP contribution in [0.2, 0.25) is 5.02 Å². The fourth-order valence-electron chi connectivity index (χ4n) is 2.16. The quantitative estimate of drug-likeness (QED) is 0.844. The Morgan fingerprint density at radius 3 is 2.83 bits per heavy atom. The van der Waals surface area contributed by atoms with E-state index in [4.69, 9.17) is 16.3 Å². The lowest BCUT2D eigenvalue weighted by atomic mass is 10.0. The van der Waals surface area contributed by atoms with Crippen LogP contribution in [0.15, 0.2) is 42.6 Å². The van der Waals surface area contributed by atoms with Gasteiger partial charge in [0.2, 0.25) is 0 Å². The molecule has 1 aromatic heterocycles. The third-order valence-electron chi connectivity index (χ3n) is 3.55. The van der Waals surface area contributed by atoms with E-state index in [0.29, 0.717) is 16.6 Å². The number of hydrogen-bond acceptors (Lipinski definition) is 4. The minimum absolute atomic E-state index is 0.266. The van der Waals surface area contributed by atoms with E-state index in [2.05, 4.69) is 15.6 Å². The van der Waals surface area contributed by atoms with Crippen LogP contribution in [0.3, 0.4) is 0 Å². The average Bonchev–Trinajstić information content (AvgIpc) is 2.55. The van der Waals surface area contributed by atoms with Gasteiger partial charge in [-0.25, -0.2) is 4.98 Å². The van der Waals surface area contributed by atoms with E-state index in [1.54, 1.807) is 36.4 Å². The van der Waals surface area contributed by atoms with E-state index in [-0.39, 0.29) is 6.54 Å². The second-order valence-electron chi connectivity index (χ2n) is 5.25. The molecule has 0 bridgehead atoms. The molecule has 1 atom stereocenters. The molecule has 3 rings (SSSR count). The fraction of sp³-hybridized carbons (Fsp3) is 0.188. The number of aromatic nitrogens is 1. The molecular weight excluding hydrogens is 318 g/mol. The Morgan fingerprint density at radius 2 is 2.09 bits per heavy atom. The number of nitrogens with zero attached hydrogens (tertiary/aromatic N) is 1. The molecule has 0 fully saturated rings. The number of carbonyl (C=O) groups excluding carboxylic acids is 2. The predicted octanol–water partition coefficient (Wildman–Crippen LogP) is 2.14. The molecular formula is C16H14ClN3O3. The van der Waals surface area contributed by atoms with Gasteiger partial charge in [0.15, 0.2) is 11.6 Å². The zero-order valence-corrected chi connectivity index (χ0v) is 13.1. The summed E-state index contributed by atoms with van der Waals surface area (Å²) in [6.07, 6.45) is 1.53. The smallest absolute Gasteiger partial charge is 0.279 e. The molecule has 2 heterocycles. The van der Waals surface area contributed by atoms with Gasteiger partial charge in [-0.15, -0.1) is 0 Å². The maximum atomic E-state index is 12.4. The molecule has 0 radical (unpaired) electrons. The Labute approximate surface area is 137 Å². The summed E-state index contributed by atoms with van der Waals surface area (Å²) in [5, 5.41) is 5.90. The number of pyridine rings is 1. The van der Waals surface area contributed by atoms with Crippen molar-refractivity contribution in [2.75, 3.05) is 5.32 Å². The van der Waals surface area contributed by atoms with Crippen LogP contribution in [-0.2, 0) is 16.1 Å². The number of carbonyl (C=O) groups is 2. The Morgan fingerprint density at radius 1 is 1.35 bits per heavy atom. The van der Waals surface area contributed by atoms with Gasteiger partial charge < -0.3 is 15.4 Å². The van der Waals surface area contributed by atoms with Crippen LogP contribution in [0.1, 0.15) is 12.5 Å². The fourth-order valence-corrected chi connectivity index (χ4v) is 2.29. The van der Waals surface area contributed by atoms with Crippen molar-refractivity contribution in [3.8, 4) is 5.75 Å². The number of benzene rings is 1. The largest absolute Gasteiger partial charge is 0.464 e. The summed E-state index contributed by atoms with van der Waals surface area (Å²) < 4.78 is 5.59. The molecule has 0 aliphatic carbocycles. The van der Waals surface area contributed by atoms with Crippen molar-refractivity contribution in [1.82, 2.24) is 10.3 Å². The normalized spacial score (nSPS) is 19.3. The molecule has 23 heavy (non-hydrogen) atoms. The molecule has 1 unspecified atom stereocenters. The number of nitrogens with one attached hydrogen (secondary N) is 2. The minimum Gasteiger partial charge on any atom is -0.464 e. The number of amides is 2. The molecule has 1 aliphatic heterocycles. The molecule has 118 valence electrons. The van der Waals surface area contributed by atoms with Gasteiger partial charge in [0.1, 0.15) is 0 Å². The Hall–Kier alpha value is -2.60. The molecule has 6 nitrogen and oxygen atoms in total. The van der Waals surface area contributed by atoms with Crippen molar-refractivity contribution in [2.24, 2.45) is 0 Å². The van der Waals surface area contributed by atoms with Gasteiger partial charge in [-0.2, -0.15) is 0 Å². The van der Waals surface area contributed by atoms with Crippen LogP contribution >= 0.6 is 11.6 Å². The van der Waals surface area contributed by atoms with Crippen molar-refractivity contribution in [1.29, 1.82) is 0 Å². The monoisotopic (exact) mass is 331 g/mol. The van der Waals surface area contributed by atoms with E-state index < -0.39 is 17.4 Å². The first-order valence-electron chi connectivity index (χ1n) is 6.97. The predicted molar refractivity (Wildman–Crippen MR) is 85.2 cm³/mol. The summed E-state index contributed by atoms with van der Waals surface area (Å²) in [4.78, 5) is 28.7. The van der Waals surface area contributed by atoms with E-state index in [1.807, 2.05) is 0 Å². The standard InChI is InChI=1S/C16H14ClN3O3/c1-16(14(21)19-9-10-4-6-11(17)7-5-10)15(22)20-13-12(23-16)3-2-8-18-13/h2-8H,9H2,1H3,(H,19,21)(H,18,20,22). The third kappa shape index (κ3) is 2.98. The minimum atomic E-state index is -1.65. The summed E-state index contributed by atoms with van der Waals surface area (Å²) in [5.74, 6) is -0.423. The molecule has 1 aliphatic rings. The summed E-state index contributed by atoms with van der Waals surface area (Å²) in [7, 11) is 0. The molecule has 0 saturated carbocycles. The molecule has 7 heteroatoms. The molecule has 0 spiro atoms. The van der Waals surface area contributed by atoms with E-state index >= 15 is 0 Å². The van der Waals surface area contributed by atoms with Gasteiger partial charge in [-0.3, -0.25) is 9.59 Å². The molecule has 1 aromatic carbocycles. The van der Waals surface area contributed by atoms with Crippen LogP contribution in [0, 0.1) is 0 Å². The maximum Gasteiger partial charge on any atom is 0.279 e. The van der Waals surface area contributed by atoms with Gasteiger partial charge in [0.25, 0.3) is 17.4 Å². The molecule has 2 aromatic rings. The van der Waals surface area contributed by atoms with Gasteiger partial charge in [0, 0.05) is 17.8 Å². The first-order valence-corrected chi connectivity index (χ1v) is 7.35. The van der Waals surface area contributed by atoms with E-state index in [0.717, 1.165) is 5.56 Å². The number of halogens is 1. The topological polar surface area (TPSA) is 80.3 Å². The summed E-state index contributed by atoms with van der Waals surface area (Å²) >= 11 is 5.82. The second-order valence-corrected chi connectivity index (χ2v) is 5.69. The Balaban J connectivity index is 1.73. The van der Waals surface area contributed by atoms with Crippen molar-refractivity contribution in [2.45, 2.75) is 19.1 Å². The highest BCUT2D eigenvalue weighted by molar-refractivity contribution is 6.30.